The fourth-order valence-corrected chi connectivity index (χ4v) is 4.64. The smallest absolute Gasteiger partial charge is 0.114 e. The van der Waals surface area contributed by atoms with Gasteiger partial charge in [-0.3, -0.25) is 0 Å². The molecule has 3 heteroatoms. The third-order valence-electron chi connectivity index (χ3n) is 5.62. The maximum Gasteiger partial charge on any atom is 0.114 e. The number of hydrogen-bond acceptors (Lipinski definition) is 3. The first-order chi connectivity index (χ1) is 8.73. The minimum Gasteiger partial charge on any atom is -0.386 e. The maximum absolute atomic E-state index is 10.4. The topological polar surface area (TPSA) is 42.0 Å². The van der Waals surface area contributed by atoms with Gasteiger partial charge in [0, 0.05) is 6.42 Å². The number of aliphatic hydroxyl groups excluding tert-OH is 1. The van der Waals surface area contributed by atoms with Gasteiger partial charge in [0.15, 0.2) is 0 Å². The Bertz CT molecular complexity index is 494. The molecule has 0 aromatic carbocycles. The molecule has 3 fully saturated rings. The van der Waals surface area contributed by atoms with Gasteiger partial charge in [0.05, 0.1) is 17.3 Å². The van der Waals surface area contributed by atoms with Gasteiger partial charge in [-0.05, 0) is 43.3 Å². The number of ether oxygens (including phenoxy) is 2. The summed E-state index contributed by atoms with van der Waals surface area (Å²) in [5.41, 5.74) is 2.20. The lowest BCUT2D eigenvalue weighted by Crippen LogP contribution is -2.50. The highest BCUT2D eigenvalue weighted by Gasteiger charge is 2.65. The zero-order chi connectivity index (χ0) is 12.0. The van der Waals surface area contributed by atoms with Crippen LogP contribution in [0.3, 0.4) is 0 Å². The van der Waals surface area contributed by atoms with E-state index in [-0.39, 0.29) is 23.4 Å². The van der Waals surface area contributed by atoms with Crippen LogP contribution in [0.5, 0.6) is 0 Å². The van der Waals surface area contributed by atoms with Gasteiger partial charge in [0.2, 0.25) is 0 Å². The highest BCUT2D eigenvalue weighted by atomic mass is 16.6. The minimum absolute atomic E-state index is 0.0246. The number of fused-ring (bicyclic) bond motifs is 1. The van der Waals surface area contributed by atoms with E-state index >= 15 is 0 Å². The quantitative estimate of drug-likeness (QED) is 0.663. The fourth-order valence-electron chi connectivity index (χ4n) is 4.64. The first-order valence-corrected chi connectivity index (χ1v) is 7.19. The van der Waals surface area contributed by atoms with Gasteiger partial charge >= 0.3 is 0 Å². The molecular weight excluding hydrogens is 228 g/mol. The van der Waals surface area contributed by atoms with Crippen LogP contribution in [0.2, 0.25) is 0 Å². The van der Waals surface area contributed by atoms with Gasteiger partial charge in [-0.15, -0.1) is 0 Å². The second kappa shape index (κ2) is 2.92. The number of epoxide rings is 1. The summed E-state index contributed by atoms with van der Waals surface area (Å²) in [6.07, 6.45) is 11.1. The zero-order valence-electron chi connectivity index (χ0n) is 10.4. The zero-order valence-corrected chi connectivity index (χ0v) is 10.4. The van der Waals surface area contributed by atoms with Gasteiger partial charge in [0.25, 0.3) is 0 Å². The molecule has 3 heterocycles. The molecular formula is C15H18O3. The molecule has 0 amide bonds. The predicted molar refractivity (Wildman–Crippen MR) is 65.1 cm³/mol. The summed E-state index contributed by atoms with van der Waals surface area (Å²) in [5, 5.41) is 10.4. The fraction of sp³-hybridized carbons (Fsp3) is 0.733. The third-order valence-corrected chi connectivity index (χ3v) is 5.62. The largest absolute Gasteiger partial charge is 0.386 e. The average Bonchev–Trinajstić information content (AvgIpc) is 3.08. The molecule has 0 unspecified atom stereocenters. The van der Waals surface area contributed by atoms with Crippen molar-refractivity contribution in [1.29, 1.82) is 0 Å². The Labute approximate surface area is 106 Å². The van der Waals surface area contributed by atoms with E-state index < -0.39 is 6.10 Å². The van der Waals surface area contributed by atoms with E-state index in [9.17, 15) is 5.11 Å². The van der Waals surface area contributed by atoms with E-state index in [0.717, 1.165) is 37.7 Å². The van der Waals surface area contributed by atoms with Crippen LogP contribution in [0.1, 0.15) is 38.5 Å². The normalized spacial score (nSPS) is 55.9. The molecule has 96 valence electrons. The summed E-state index contributed by atoms with van der Waals surface area (Å²) in [4.78, 5) is 0. The van der Waals surface area contributed by atoms with Gasteiger partial charge in [0.1, 0.15) is 12.2 Å². The number of rotatable bonds is 0. The van der Waals surface area contributed by atoms with Crippen molar-refractivity contribution in [3.8, 4) is 0 Å². The van der Waals surface area contributed by atoms with Crippen molar-refractivity contribution in [2.45, 2.75) is 68.0 Å². The molecule has 0 aromatic rings. The summed E-state index contributed by atoms with van der Waals surface area (Å²) >= 11 is 0. The Morgan fingerprint density at radius 2 is 2.11 bits per heavy atom. The summed E-state index contributed by atoms with van der Waals surface area (Å²) in [6, 6.07) is 0. The SMILES string of the molecule is O[C@H]1C2=CC3=CCCC[C@@]34CC[C@]2(C[C@H]2O[C@H]21)O4. The molecule has 0 aromatic heterocycles. The summed E-state index contributed by atoms with van der Waals surface area (Å²) in [6.45, 7) is 0. The van der Waals surface area contributed by atoms with Crippen molar-refractivity contribution in [1.82, 2.24) is 0 Å². The van der Waals surface area contributed by atoms with E-state index in [1.165, 1.54) is 12.0 Å². The van der Waals surface area contributed by atoms with Crippen molar-refractivity contribution in [3.05, 3.63) is 23.3 Å². The molecule has 5 aliphatic rings. The molecule has 0 radical (unpaired) electrons. The molecule has 1 N–H and O–H groups in total. The van der Waals surface area contributed by atoms with E-state index in [4.69, 9.17) is 9.47 Å². The highest BCUT2D eigenvalue weighted by Crippen LogP contribution is 2.60. The van der Waals surface area contributed by atoms with Crippen LogP contribution in [0.4, 0.5) is 0 Å². The van der Waals surface area contributed by atoms with Gasteiger partial charge in [-0.2, -0.15) is 0 Å². The molecule has 18 heavy (non-hydrogen) atoms. The van der Waals surface area contributed by atoms with Crippen molar-refractivity contribution < 1.29 is 14.6 Å². The standard InChI is InChI=1S/C15H18O3/c16-12-10-7-9-3-1-2-4-14(9)5-6-15(10,18-14)8-11-13(12)17-11/h3,7,11-13,16H,1-2,4-6,8H2/t11-,12+,13-,14-,15-/m1/s1. The van der Waals surface area contributed by atoms with E-state index in [1.54, 1.807) is 0 Å². The molecule has 2 spiro atoms. The molecule has 5 atom stereocenters. The van der Waals surface area contributed by atoms with Crippen molar-refractivity contribution >= 4 is 0 Å². The van der Waals surface area contributed by atoms with Gasteiger partial charge < -0.3 is 14.6 Å². The Morgan fingerprint density at radius 1 is 1.22 bits per heavy atom. The van der Waals surface area contributed by atoms with Gasteiger partial charge in [-0.1, -0.05) is 12.2 Å². The summed E-state index contributed by atoms with van der Waals surface area (Å²) in [5.74, 6) is 0. The lowest BCUT2D eigenvalue weighted by atomic mass is 9.75. The third kappa shape index (κ3) is 1.03. The van der Waals surface area contributed by atoms with Crippen LogP contribution in [0.15, 0.2) is 23.3 Å². The predicted octanol–water partition coefficient (Wildman–Crippen LogP) is 1.86. The second-order valence-corrected chi connectivity index (χ2v) is 6.53. The number of allylic oxidation sites excluding steroid dienone is 1. The molecule has 5 rings (SSSR count). The first kappa shape index (κ1) is 10.2. The minimum atomic E-state index is -0.442. The summed E-state index contributed by atoms with van der Waals surface area (Å²) < 4.78 is 12.2. The van der Waals surface area contributed by atoms with Crippen molar-refractivity contribution in [2.24, 2.45) is 0 Å². The lowest BCUT2D eigenvalue weighted by Gasteiger charge is -2.45. The molecule has 3 aliphatic heterocycles. The second-order valence-electron chi connectivity index (χ2n) is 6.53. The molecule has 2 saturated heterocycles. The monoisotopic (exact) mass is 246 g/mol. The Hall–Kier alpha value is -0.640. The molecule has 1 saturated carbocycles. The Balaban J connectivity index is 1.69. The van der Waals surface area contributed by atoms with Crippen molar-refractivity contribution in [3.63, 3.8) is 0 Å². The van der Waals surface area contributed by atoms with E-state index in [2.05, 4.69) is 12.2 Å². The number of aliphatic hydroxyl groups is 1. The maximum atomic E-state index is 10.4. The number of hydrogen-bond donors (Lipinski definition) is 1. The lowest BCUT2D eigenvalue weighted by molar-refractivity contribution is -0.0950. The van der Waals surface area contributed by atoms with E-state index in [1.807, 2.05) is 0 Å². The van der Waals surface area contributed by atoms with Crippen LogP contribution >= 0.6 is 0 Å². The van der Waals surface area contributed by atoms with E-state index in [0.29, 0.717) is 0 Å². The van der Waals surface area contributed by atoms with Gasteiger partial charge in [-0.25, -0.2) is 0 Å². The Kier molecular flexibility index (Phi) is 1.65. The molecule has 3 nitrogen and oxygen atoms in total. The van der Waals surface area contributed by atoms with Crippen LogP contribution < -0.4 is 0 Å². The Morgan fingerprint density at radius 3 is 3.06 bits per heavy atom. The van der Waals surface area contributed by atoms with Crippen LogP contribution in [-0.2, 0) is 9.47 Å². The van der Waals surface area contributed by atoms with Crippen LogP contribution in [-0.4, -0.2) is 34.6 Å². The first-order valence-electron chi connectivity index (χ1n) is 7.19. The van der Waals surface area contributed by atoms with Crippen LogP contribution in [0, 0.1) is 0 Å². The average molecular weight is 246 g/mol. The van der Waals surface area contributed by atoms with Crippen LogP contribution in [0.25, 0.3) is 0 Å². The highest BCUT2D eigenvalue weighted by molar-refractivity contribution is 5.47. The summed E-state index contributed by atoms with van der Waals surface area (Å²) in [7, 11) is 0. The molecule has 2 bridgehead atoms. The van der Waals surface area contributed by atoms with Crippen molar-refractivity contribution in [2.75, 3.05) is 0 Å². The molecule has 2 aliphatic carbocycles.